The third kappa shape index (κ3) is 3.19. The first-order valence-corrected chi connectivity index (χ1v) is 10.4. The number of anilines is 1. The van der Waals surface area contributed by atoms with Crippen LogP contribution >= 0.6 is 11.6 Å². The van der Waals surface area contributed by atoms with Crippen LogP contribution in [0.1, 0.15) is 36.6 Å². The Hall–Kier alpha value is -3.05. The molecule has 2 atom stereocenters. The third-order valence-electron chi connectivity index (χ3n) is 5.59. The van der Waals surface area contributed by atoms with Gasteiger partial charge in [0, 0.05) is 5.56 Å². The van der Waals surface area contributed by atoms with Gasteiger partial charge in [-0.25, -0.2) is 9.37 Å². The van der Waals surface area contributed by atoms with E-state index < -0.39 is 0 Å². The molecule has 5 rings (SSSR count). The van der Waals surface area contributed by atoms with E-state index in [0.717, 1.165) is 22.5 Å². The Morgan fingerprint density at radius 1 is 1.13 bits per heavy atom. The number of ether oxygens (including phenoxy) is 1. The van der Waals surface area contributed by atoms with Gasteiger partial charge in [-0.1, -0.05) is 48.0 Å². The Balaban J connectivity index is 1.62. The SMILES string of the molecule is CCOc1ccc([C@H]2C[C@H](c3ccccc3F)n3c(nc4ccccc43)N2)cc1Cl. The van der Waals surface area contributed by atoms with Crippen molar-refractivity contribution >= 4 is 28.6 Å². The second-order valence-electron chi connectivity index (χ2n) is 7.39. The van der Waals surface area contributed by atoms with Crippen LogP contribution in [0.3, 0.4) is 0 Å². The molecule has 0 bridgehead atoms. The van der Waals surface area contributed by atoms with Gasteiger partial charge in [0.15, 0.2) is 0 Å². The maximum atomic E-state index is 14.8. The van der Waals surface area contributed by atoms with Crippen LogP contribution in [0.5, 0.6) is 5.75 Å². The molecule has 6 heteroatoms. The minimum absolute atomic E-state index is 0.0629. The molecular weight excluding hydrogens is 401 g/mol. The predicted molar refractivity (Wildman–Crippen MR) is 118 cm³/mol. The van der Waals surface area contributed by atoms with Gasteiger partial charge in [0.05, 0.1) is 34.7 Å². The zero-order valence-corrected chi connectivity index (χ0v) is 17.2. The van der Waals surface area contributed by atoms with E-state index in [1.807, 2.05) is 61.5 Å². The standard InChI is InChI=1S/C24H21ClFN3O/c1-2-30-23-12-11-15(13-17(23)25)20-14-22(16-7-3-4-8-18(16)26)29-21-10-6-5-9-19(21)27-24(29)28-20/h3-13,20,22H,2,14H2,1H3,(H,27,28)/t20-,22-/m1/s1. The molecule has 0 unspecified atom stereocenters. The van der Waals surface area contributed by atoms with Crippen molar-refractivity contribution in [2.45, 2.75) is 25.4 Å². The molecule has 1 N–H and O–H groups in total. The lowest BCUT2D eigenvalue weighted by molar-refractivity contribution is 0.340. The number of benzene rings is 3. The second-order valence-corrected chi connectivity index (χ2v) is 7.79. The first-order chi connectivity index (χ1) is 14.7. The number of fused-ring (bicyclic) bond motifs is 3. The van der Waals surface area contributed by atoms with E-state index in [1.165, 1.54) is 6.07 Å². The molecule has 152 valence electrons. The van der Waals surface area contributed by atoms with E-state index in [4.69, 9.17) is 21.3 Å². The highest BCUT2D eigenvalue weighted by atomic mass is 35.5. The number of halogens is 2. The van der Waals surface area contributed by atoms with E-state index in [0.29, 0.717) is 29.4 Å². The van der Waals surface area contributed by atoms with Crippen LogP contribution in [0.4, 0.5) is 10.3 Å². The molecule has 2 heterocycles. The first-order valence-electron chi connectivity index (χ1n) is 10.1. The largest absolute Gasteiger partial charge is 0.492 e. The van der Waals surface area contributed by atoms with Gasteiger partial charge in [-0.3, -0.25) is 0 Å². The van der Waals surface area contributed by atoms with E-state index in [1.54, 1.807) is 6.07 Å². The van der Waals surface area contributed by atoms with Gasteiger partial charge in [0.25, 0.3) is 0 Å². The Morgan fingerprint density at radius 3 is 2.73 bits per heavy atom. The number of aromatic nitrogens is 2. The lowest BCUT2D eigenvalue weighted by atomic mass is 9.92. The summed E-state index contributed by atoms with van der Waals surface area (Å²) in [6.07, 6.45) is 0.665. The lowest BCUT2D eigenvalue weighted by Crippen LogP contribution is -2.27. The van der Waals surface area contributed by atoms with Crippen molar-refractivity contribution < 1.29 is 9.13 Å². The van der Waals surface area contributed by atoms with Gasteiger partial charge in [0.1, 0.15) is 11.6 Å². The Labute approximate surface area is 179 Å². The molecule has 4 nitrogen and oxygen atoms in total. The number of imidazole rings is 1. The van der Waals surface area contributed by atoms with Crippen LogP contribution < -0.4 is 10.1 Å². The molecule has 0 saturated heterocycles. The number of hydrogen-bond donors (Lipinski definition) is 1. The average molecular weight is 422 g/mol. The van der Waals surface area contributed by atoms with E-state index in [9.17, 15) is 4.39 Å². The molecule has 1 aromatic heterocycles. The maximum Gasteiger partial charge on any atom is 0.204 e. The number of nitrogens with one attached hydrogen (secondary N) is 1. The highest BCUT2D eigenvalue weighted by molar-refractivity contribution is 6.32. The molecular formula is C24H21ClFN3O. The van der Waals surface area contributed by atoms with Gasteiger partial charge < -0.3 is 14.6 Å². The van der Waals surface area contributed by atoms with Crippen molar-refractivity contribution in [3.8, 4) is 5.75 Å². The minimum Gasteiger partial charge on any atom is -0.492 e. The van der Waals surface area contributed by atoms with Crippen molar-refractivity contribution in [1.29, 1.82) is 0 Å². The zero-order valence-electron chi connectivity index (χ0n) is 16.5. The van der Waals surface area contributed by atoms with E-state index in [-0.39, 0.29) is 17.9 Å². The van der Waals surface area contributed by atoms with Crippen molar-refractivity contribution in [3.05, 3.63) is 88.7 Å². The lowest BCUT2D eigenvalue weighted by Gasteiger charge is -2.33. The number of hydrogen-bond acceptors (Lipinski definition) is 3. The smallest absolute Gasteiger partial charge is 0.204 e. The van der Waals surface area contributed by atoms with Gasteiger partial charge in [-0.15, -0.1) is 0 Å². The Bertz CT molecular complexity index is 1220. The molecule has 0 spiro atoms. The normalized spacial score (nSPS) is 18.1. The van der Waals surface area contributed by atoms with Gasteiger partial charge in [0.2, 0.25) is 5.95 Å². The Morgan fingerprint density at radius 2 is 1.93 bits per heavy atom. The van der Waals surface area contributed by atoms with Gasteiger partial charge in [-0.2, -0.15) is 0 Å². The molecule has 1 aliphatic heterocycles. The van der Waals surface area contributed by atoms with Crippen molar-refractivity contribution in [2.75, 3.05) is 11.9 Å². The number of para-hydroxylation sites is 2. The summed E-state index contributed by atoms with van der Waals surface area (Å²) >= 11 is 6.44. The summed E-state index contributed by atoms with van der Waals surface area (Å²) in [5, 5.41) is 4.10. The fraction of sp³-hybridized carbons (Fsp3) is 0.208. The highest BCUT2D eigenvalue weighted by Gasteiger charge is 2.32. The zero-order chi connectivity index (χ0) is 20.7. The summed E-state index contributed by atoms with van der Waals surface area (Å²) in [4.78, 5) is 4.78. The average Bonchev–Trinajstić information content (AvgIpc) is 3.14. The van der Waals surface area contributed by atoms with Crippen LogP contribution in [-0.4, -0.2) is 16.2 Å². The van der Waals surface area contributed by atoms with Crippen LogP contribution in [-0.2, 0) is 0 Å². The van der Waals surface area contributed by atoms with Crippen LogP contribution in [0, 0.1) is 5.82 Å². The first kappa shape index (κ1) is 18.9. The summed E-state index contributed by atoms with van der Waals surface area (Å²) in [6.45, 7) is 2.48. The summed E-state index contributed by atoms with van der Waals surface area (Å²) in [7, 11) is 0. The van der Waals surface area contributed by atoms with Crippen molar-refractivity contribution in [2.24, 2.45) is 0 Å². The van der Waals surface area contributed by atoms with E-state index >= 15 is 0 Å². The molecule has 0 saturated carbocycles. The number of nitrogens with zero attached hydrogens (tertiary/aromatic N) is 2. The molecule has 0 radical (unpaired) electrons. The molecule has 0 fully saturated rings. The highest BCUT2D eigenvalue weighted by Crippen LogP contribution is 2.42. The van der Waals surface area contributed by atoms with Crippen LogP contribution in [0.25, 0.3) is 11.0 Å². The van der Waals surface area contributed by atoms with Crippen molar-refractivity contribution in [1.82, 2.24) is 9.55 Å². The summed E-state index contributed by atoms with van der Waals surface area (Å²) in [6, 6.07) is 20.5. The summed E-state index contributed by atoms with van der Waals surface area (Å²) in [5.74, 6) is 1.18. The third-order valence-corrected chi connectivity index (χ3v) is 5.89. The maximum absolute atomic E-state index is 14.8. The minimum atomic E-state index is -0.211. The fourth-order valence-corrected chi connectivity index (χ4v) is 4.49. The van der Waals surface area contributed by atoms with Crippen LogP contribution in [0.15, 0.2) is 66.7 Å². The topological polar surface area (TPSA) is 39.1 Å². The molecule has 4 aromatic rings. The van der Waals surface area contributed by atoms with Crippen LogP contribution in [0.2, 0.25) is 5.02 Å². The van der Waals surface area contributed by atoms with Gasteiger partial charge in [-0.05, 0) is 49.2 Å². The molecule has 1 aliphatic rings. The fourth-order valence-electron chi connectivity index (χ4n) is 4.24. The quantitative estimate of drug-likeness (QED) is 0.416. The Kier molecular flexibility index (Phi) is 4.83. The number of rotatable bonds is 4. The van der Waals surface area contributed by atoms with E-state index in [2.05, 4.69) is 9.88 Å². The molecule has 0 aliphatic carbocycles. The summed E-state index contributed by atoms with van der Waals surface area (Å²) in [5.41, 5.74) is 3.54. The second kappa shape index (κ2) is 7.65. The molecule has 0 amide bonds. The predicted octanol–water partition coefficient (Wildman–Crippen LogP) is 6.37. The van der Waals surface area contributed by atoms with Gasteiger partial charge >= 0.3 is 0 Å². The van der Waals surface area contributed by atoms with Crippen molar-refractivity contribution in [3.63, 3.8) is 0 Å². The monoisotopic (exact) mass is 421 g/mol. The molecule has 3 aromatic carbocycles. The summed E-state index contributed by atoms with van der Waals surface area (Å²) < 4.78 is 22.5. The molecule has 30 heavy (non-hydrogen) atoms.